The number of aromatic nitrogens is 2. The molecule has 0 N–H and O–H groups in total. The van der Waals surface area contributed by atoms with Crippen molar-refractivity contribution in [3.8, 4) is 16.9 Å². The van der Waals surface area contributed by atoms with E-state index < -0.39 is 0 Å². The molecular weight excluding hydrogens is 788 g/mol. The van der Waals surface area contributed by atoms with Gasteiger partial charge in [0.25, 0.3) is 0 Å². The van der Waals surface area contributed by atoms with E-state index in [1.807, 2.05) is 6.20 Å². The van der Waals surface area contributed by atoms with Gasteiger partial charge in [0, 0.05) is 17.3 Å². The topological polar surface area (TPSA) is 24.3 Å². The maximum atomic E-state index is 4.90. The summed E-state index contributed by atoms with van der Waals surface area (Å²) in [6.45, 7) is 11.9. The van der Waals surface area contributed by atoms with Gasteiger partial charge in [0.1, 0.15) is 5.82 Å². The number of hydrogen-bond acceptors (Lipinski definition) is 4. The van der Waals surface area contributed by atoms with Gasteiger partial charge in [-0.3, -0.25) is 0 Å². The molecule has 1 aliphatic heterocycles. The van der Waals surface area contributed by atoms with Gasteiger partial charge in [0.05, 0.1) is 18.0 Å². The molecule has 2 aromatic heterocycles. The molecule has 0 atom stereocenters. The van der Waals surface area contributed by atoms with Crippen LogP contribution in [0.2, 0.25) is 0 Å². The first-order chi connectivity index (χ1) is 22.8. The van der Waals surface area contributed by atoms with Crippen LogP contribution in [-0.2, 0) is 21.1 Å². The Kier molecular flexibility index (Phi) is 8.47. The monoisotopic (exact) mass is 823 g/mol. The molecule has 0 radical (unpaired) electrons. The summed E-state index contributed by atoms with van der Waals surface area (Å²) in [4.78, 5) is 11.8. The van der Waals surface area contributed by atoms with E-state index in [0.717, 1.165) is 44.4 Å². The van der Waals surface area contributed by atoms with Crippen molar-refractivity contribution in [3.05, 3.63) is 139 Å². The summed E-state index contributed by atoms with van der Waals surface area (Å²) in [6, 6.07) is 46.4. The number of hydrogen-bond donors (Lipinski definition) is 0. The van der Waals surface area contributed by atoms with Gasteiger partial charge in [-0.25, -0.2) is 4.98 Å². The number of pyridine rings is 1. The van der Waals surface area contributed by atoms with Crippen molar-refractivity contribution >= 4 is 50.6 Å². The first-order valence-corrected chi connectivity index (χ1v) is 16.9. The molecule has 0 bridgehead atoms. The van der Waals surface area contributed by atoms with E-state index in [2.05, 4.69) is 170 Å². The van der Waals surface area contributed by atoms with E-state index in [-0.39, 0.29) is 26.6 Å². The van der Waals surface area contributed by atoms with Crippen molar-refractivity contribution in [2.75, 3.05) is 16.5 Å². The maximum Gasteiger partial charge on any atom is 2.00 e. The van der Waals surface area contributed by atoms with Gasteiger partial charge in [0.15, 0.2) is 0 Å². The predicted octanol–water partition coefficient (Wildman–Crippen LogP) is 10.9. The van der Waals surface area contributed by atoms with E-state index in [4.69, 9.17) is 4.98 Å². The second kappa shape index (κ2) is 12.6. The third-order valence-electron chi connectivity index (χ3n) is 9.12. The Morgan fingerprint density at radius 2 is 1.42 bits per heavy atom. The van der Waals surface area contributed by atoms with Gasteiger partial charge >= 0.3 is 21.1 Å². The molecule has 0 amide bonds. The molecular formula is C42H36N4PtS. The molecule has 4 nitrogen and oxygen atoms in total. The van der Waals surface area contributed by atoms with Gasteiger partial charge in [-0.05, 0) is 92.6 Å². The Balaban J connectivity index is 0.00000364. The minimum atomic E-state index is 0. The Morgan fingerprint density at radius 1 is 0.708 bits per heavy atom. The molecule has 0 unspecified atom stereocenters. The number of fused-ring (bicyclic) bond motifs is 4. The van der Waals surface area contributed by atoms with Crippen LogP contribution < -0.4 is 9.80 Å². The quantitative estimate of drug-likeness (QED) is 0.161. The van der Waals surface area contributed by atoms with Crippen LogP contribution in [0.1, 0.15) is 31.9 Å². The van der Waals surface area contributed by atoms with Crippen LogP contribution in [-0.4, -0.2) is 21.8 Å². The number of nitrogens with zero attached hydrogens (tertiary/aromatic N) is 4. The Bertz CT molecular complexity index is 2280. The van der Waals surface area contributed by atoms with Crippen molar-refractivity contribution in [3.63, 3.8) is 0 Å². The van der Waals surface area contributed by atoms with Crippen LogP contribution in [0.5, 0.6) is 0 Å². The largest absolute Gasteiger partial charge is 2.00 e. The first-order valence-electron chi connectivity index (χ1n) is 16.1. The van der Waals surface area contributed by atoms with Crippen LogP contribution in [0.4, 0.5) is 17.1 Å². The third kappa shape index (κ3) is 5.63. The minimum absolute atomic E-state index is 0. The number of para-hydroxylation sites is 3. The first kappa shape index (κ1) is 32.2. The summed E-state index contributed by atoms with van der Waals surface area (Å²) in [5.41, 5.74) is 10.6. The number of anilines is 3. The Morgan fingerprint density at radius 3 is 2.21 bits per heavy atom. The van der Waals surface area contributed by atoms with Crippen molar-refractivity contribution < 1.29 is 21.1 Å². The van der Waals surface area contributed by atoms with Gasteiger partial charge in [0.2, 0.25) is 0 Å². The van der Waals surface area contributed by atoms with E-state index in [9.17, 15) is 0 Å². The standard InChI is InChI=1S/C42H36N4S.Pt/c1-28-12-10-13-29(2)41(28)30-22-23-43-40(24-30)46-36-17-7-6-16-34(36)35-21-20-33(26-39(35)46)47-32-15-11-14-31(25-32)44-27-45(42(3,4)5)38-19-9-8-18-37(38)44;/h6-24H,27H2,1-5H3;/q-2;+2. The predicted molar refractivity (Wildman–Crippen MR) is 197 cm³/mol. The molecule has 3 heterocycles. The molecule has 7 aromatic rings. The van der Waals surface area contributed by atoms with Gasteiger partial charge in [-0.2, -0.15) is 24.3 Å². The molecule has 0 fully saturated rings. The zero-order chi connectivity index (χ0) is 32.3. The molecule has 48 heavy (non-hydrogen) atoms. The molecule has 240 valence electrons. The Hall–Kier alpha value is -4.31. The van der Waals surface area contributed by atoms with Crippen molar-refractivity contribution in [1.82, 2.24) is 9.55 Å². The van der Waals surface area contributed by atoms with E-state index >= 15 is 0 Å². The second-order valence-electron chi connectivity index (χ2n) is 13.3. The SMILES string of the molecule is Cc1cccc(C)c1-c1ccnc(-n2c3[c-]c(Sc4[c-]c(N5CN(C(C)(C)C)c6ccccc65)ccc4)ccc3c3ccccc32)c1.[Pt+2]. The summed E-state index contributed by atoms with van der Waals surface area (Å²) in [5, 5.41) is 2.36. The van der Waals surface area contributed by atoms with Gasteiger partial charge in [-0.15, -0.1) is 45.1 Å². The fourth-order valence-electron chi connectivity index (χ4n) is 6.90. The molecule has 0 spiro atoms. The van der Waals surface area contributed by atoms with Crippen LogP contribution in [0.15, 0.2) is 125 Å². The normalized spacial score (nSPS) is 12.9. The van der Waals surface area contributed by atoms with Crippen LogP contribution in [0, 0.1) is 26.0 Å². The average Bonchev–Trinajstić information content (AvgIpc) is 3.62. The fraction of sp³-hybridized carbons (Fsp3) is 0.167. The zero-order valence-corrected chi connectivity index (χ0v) is 30.8. The van der Waals surface area contributed by atoms with Crippen LogP contribution in [0.25, 0.3) is 38.8 Å². The summed E-state index contributed by atoms with van der Waals surface area (Å²) in [6.07, 6.45) is 1.92. The van der Waals surface area contributed by atoms with E-state index in [1.165, 1.54) is 39.0 Å². The average molecular weight is 824 g/mol. The fourth-order valence-corrected chi connectivity index (χ4v) is 7.73. The molecule has 0 saturated heterocycles. The van der Waals surface area contributed by atoms with Crippen LogP contribution in [0.3, 0.4) is 0 Å². The van der Waals surface area contributed by atoms with Crippen LogP contribution >= 0.6 is 11.8 Å². The minimum Gasteiger partial charge on any atom is -0.347 e. The van der Waals surface area contributed by atoms with Crippen molar-refractivity contribution in [2.24, 2.45) is 0 Å². The van der Waals surface area contributed by atoms with E-state index in [1.54, 1.807) is 11.8 Å². The van der Waals surface area contributed by atoms with Gasteiger partial charge in [-0.1, -0.05) is 59.7 Å². The molecule has 1 aliphatic rings. The third-order valence-corrected chi connectivity index (χ3v) is 10.0. The smallest absolute Gasteiger partial charge is 0.347 e. The summed E-state index contributed by atoms with van der Waals surface area (Å²) >= 11 is 1.70. The van der Waals surface area contributed by atoms with Gasteiger partial charge < -0.3 is 14.4 Å². The molecule has 0 saturated carbocycles. The summed E-state index contributed by atoms with van der Waals surface area (Å²) in [7, 11) is 0. The number of benzene rings is 5. The van der Waals surface area contributed by atoms with Crippen molar-refractivity contribution in [1.29, 1.82) is 0 Å². The molecule has 5 aromatic carbocycles. The zero-order valence-electron chi connectivity index (χ0n) is 27.7. The summed E-state index contributed by atoms with van der Waals surface area (Å²) < 4.78 is 2.26. The maximum absolute atomic E-state index is 4.90. The van der Waals surface area contributed by atoms with E-state index in [0.29, 0.717) is 0 Å². The number of rotatable bonds is 5. The molecule has 0 aliphatic carbocycles. The second-order valence-corrected chi connectivity index (χ2v) is 14.4. The molecule has 6 heteroatoms. The van der Waals surface area contributed by atoms with Crippen molar-refractivity contribution in [2.45, 2.75) is 49.9 Å². The number of aryl methyl sites for hydroxylation is 2. The molecule has 8 rings (SSSR count). The Labute approximate surface area is 301 Å². The summed E-state index contributed by atoms with van der Waals surface area (Å²) in [5.74, 6) is 0.888.